The van der Waals surface area contributed by atoms with E-state index < -0.39 is 11.9 Å². The Hall–Kier alpha value is -3.70. The van der Waals surface area contributed by atoms with Gasteiger partial charge in [0.15, 0.2) is 5.82 Å². The van der Waals surface area contributed by atoms with Crippen LogP contribution >= 0.6 is 0 Å². The first-order valence-electron chi connectivity index (χ1n) is 9.81. The number of halogens is 3. The predicted octanol–water partition coefficient (Wildman–Crippen LogP) is 2.83. The molecule has 1 atom stereocenters. The molecule has 12 heteroatoms. The van der Waals surface area contributed by atoms with Crippen LogP contribution in [0.3, 0.4) is 0 Å². The smallest absolute Gasteiger partial charge is 0.350 e. The van der Waals surface area contributed by atoms with Gasteiger partial charge in [0.25, 0.3) is 0 Å². The largest absolute Gasteiger partial charge is 0.433 e. The van der Waals surface area contributed by atoms with Gasteiger partial charge in [0.1, 0.15) is 17.4 Å². The Labute approximate surface area is 181 Å². The van der Waals surface area contributed by atoms with Gasteiger partial charge in [0.2, 0.25) is 11.9 Å². The molecular weight excluding hydrogens is 425 g/mol. The number of nitrogens with zero attached hydrogens (tertiary/aromatic N) is 6. The molecule has 4 rings (SSSR count). The van der Waals surface area contributed by atoms with Crippen molar-refractivity contribution >= 4 is 23.4 Å². The molecule has 3 aromatic rings. The number of pyridine rings is 1. The summed E-state index contributed by atoms with van der Waals surface area (Å²) in [6, 6.07) is 2.00. The molecule has 0 aliphatic carbocycles. The van der Waals surface area contributed by atoms with Crippen molar-refractivity contribution < 1.29 is 18.0 Å². The SMILES string of the molecule is Cc1nc(NCc2cnn(Cc3ccc(C(F)(F)F)nc3)c2)nc2c1NC(=O)C(C)N2C. The number of amides is 1. The Morgan fingerprint density at radius 3 is 2.66 bits per heavy atom. The normalized spacial score (nSPS) is 16.0. The minimum absolute atomic E-state index is 0.108. The highest BCUT2D eigenvalue weighted by molar-refractivity contribution is 6.03. The van der Waals surface area contributed by atoms with Crippen molar-refractivity contribution in [3.63, 3.8) is 0 Å². The third kappa shape index (κ3) is 4.34. The average Bonchev–Trinajstić information content (AvgIpc) is 3.18. The third-order valence-electron chi connectivity index (χ3n) is 5.21. The standard InChI is InChI=1S/C20H21F3N8O/c1-11-16-17(30(3)12(2)18(32)28-16)29-19(27-11)25-7-14-8-26-31(10-14)9-13-4-5-15(24-6-13)20(21,22)23/h4-6,8,10,12H,7,9H2,1-3H3,(H,28,32)(H,25,27,29). The number of hydrogen-bond donors (Lipinski definition) is 2. The Balaban J connectivity index is 1.42. The molecule has 0 aromatic carbocycles. The average molecular weight is 446 g/mol. The van der Waals surface area contributed by atoms with Gasteiger partial charge in [-0.3, -0.25) is 14.5 Å². The number of fused-ring (bicyclic) bond motifs is 1. The number of carbonyl (C=O) groups excluding carboxylic acids is 1. The number of anilines is 3. The minimum atomic E-state index is -4.46. The van der Waals surface area contributed by atoms with E-state index in [1.807, 2.05) is 0 Å². The fourth-order valence-electron chi connectivity index (χ4n) is 3.26. The lowest BCUT2D eigenvalue weighted by atomic mass is 10.2. The number of alkyl halides is 3. The monoisotopic (exact) mass is 446 g/mol. The lowest BCUT2D eigenvalue weighted by Crippen LogP contribution is -2.44. The van der Waals surface area contributed by atoms with Crippen LogP contribution in [0.2, 0.25) is 0 Å². The Morgan fingerprint density at radius 2 is 1.97 bits per heavy atom. The quantitative estimate of drug-likeness (QED) is 0.622. The first-order valence-corrected chi connectivity index (χ1v) is 9.81. The summed E-state index contributed by atoms with van der Waals surface area (Å²) in [5, 5.41) is 10.2. The highest BCUT2D eigenvalue weighted by Crippen LogP contribution is 2.32. The van der Waals surface area contributed by atoms with E-state index in [0.717, 1.165) is 11.6 Å². The zero-order valence-electron chi connectivity index (χ0n) is 17.6. The van der Waals surface area contributed by atoms with Crippen LogP contribution in [-0.2, 0) is 24.1 Å². The number of aromatic nitrogens is 5. The second-order valence-electron chi connectivity index (χ2n) is 7.56. The summed E-state index contributed by atoms with van der Waals surface area (Å²) in [4.78, 5) is 26.2. The van der Waals surface area contributed by atoms with Crippen LogP contribution in [0.25, 0.3) is 0 Å². The Bertz CT molecular complexity index is 1140. The van der Waals surface area contributed by atoms with Crippen LogP contribution in [0, 0.1) is 6.92 Å². The van der Waals surface area contributed by atoms with E-state index in [-0.39, 0.29) is 11.9 Å². The molecule has 0 saturated carbocycles. The van der Waals surface area contributed by atoms with Crippen molar-refractivity contribution in [1.29, 1.82) is 0 Å². The van der Waals surface area contributed by atoms with Gasteiger partial charge in [-0.25, -0.2) is 4.98 Å². The maximum atomic E-state index is 12.6. The number of hydrogen-bond acceptors (Lipinski definition) is 7. The van der Waals surface area contributed by atoms with Crippen LogP contribution in [0.1, 0.15) is 29.4 Å². The van der Waals surface area contributed by atoms with E-state index >= 15 is 0 Å². The van der Waals surface area contributed by atoms with Crippen molar-refractivity contribution in [3.05, 3.63) is 53.2 Å². The summed E-state index contributed by atoms with van der Waals surface area (Å²) in [6.45, 7) is 4.28. The summed E-state index contributed by atoms with van der Waals surface area (Å²) in [6.07, 6.45) is 0.176. The Kier molecular flexibility index (Phi) is 5.45. The van der Waals surface area contributed by atoms with Crippen LogP contribution in [-0.4, -0.2) is 43.7 Å². The molecule has 4 heterocycles. The van der Waals surface area contributed by atoms with Gasteiger partial charge < -0.3 is 15.5 Å². The second kappa shape index (κ2) is 8.09. The number of carbonyl (C=O) groups is 1. The van der Waals surface area contributed by atoms with Gasteiger partial charge in [0, 0.05) is 31.5 Å². The molecule has 0 bridgehead atoms. The van der Waals surface area contributed by atoms with Gasteiger partial charge in [0.05, 0.1) is 18.4 Å². The van der Waals surface area contributed by atoms with Gasteiger partial charge in [-0.15, -0.1) is 0 Å². The first-order chi connectivity index (χ1) is 15.1. The number of rotatable bonds is 5. The zero-order valence-corrected chi connectivity index (χ0v) is 17.6. The minimum Gasteiger partial charge on any atom is -0.350 e. The summed E-state index contributed by atoms with van der Waals surface area (Å²) in [7, 11) is 1.80. The van der Waals surface area contributed by atoms with Crippen LogP contribution < -0.4 is 15.5 Å². The molecule has 3 aromatic heterocycles. The second-order valence-corrected chi connectivity index (χ2v) is 7.56. The number of nitrogens with one attached hydrogen (secondary N) is 2. The predicted molar refractivity (Wildman–Crippen MR) is 111 cm³/mol. The lowest BCUT2D eigenvalue weighted by molar-refractivity contribution is -0.141. The molecule has 0 radical (unpaired) electrons. The topological polar surface area (TPSA) is 101 Å². The van der Waals surface area contributed by atoms with Crippen molar-refractivity contribution in [2.75, 3.05) is 22.6 Å². The van der Waals surface area contributed by atoms with E-state index in [4.69, 9.17) is 0 Å². The lowest BCUT2D eigenvalue weighted by Gasteiger charge is -2.32. The molecule has 0 fully saturated rings. The van der Waals surface area contributed by atoms with Gasteiger partial charge in [-0.2, -0.15) is 23.3 Å². The summed E-state index contributed by atoms with van der Waals surface area (Å²) >= 11 is 0. The molecule has 32 heavy (non-hydrogen) atoms. The molecule has 9 nitrogen and oxygen atoms in total. The van der Waals surface area contributed by atoms with E-state index in [0.29, 0.717) is 41.8 Å². The molecule has 168 valence electrons. The molecule has 1 aliphatic heterocycles. The molecule has 0 saturated heterocycles. The summed E-state index contributed by atoms with van der Waals surface area (Å²) in [5.74, 6) is 0.941. The molecule has 1 amide bonds. The molecular formula is C20H21F3N8O. The van der Waals surface area contributed by atoms with E-state index in [1.54, 1.807) is 42.9 Å². The first kappa shape index (κ1) is 21.5. The summed E-state index contributed by atoms with van der Waals surface area (Å²) in [5.41, 5.74) is 1.77. The highest BCUT2D eigenvalue weighted by atomic mass is 19.4. The molecule has 2 N–H and O–H groups in total. The zero-order chi connectivity index (χ0) is 23.0. The van der Waals surface area contributed by atoms with Gasteiger partial charge in [-0.05, 0) is 25.5 Å². The van der Waals surface area contributed by atoms with Gasteiger partial charge >= 0.3 is 6.18 Å². The molecule has 1 unspecified atom stereocenters. The maximum Gasteiger partial charge on any atom is 0.433 e. The van der Waals surface area contributed by atoms with Crippen molar-refractivity contribution in [3.8, 4) is 0 Å². The van der Waals surface area contributed by atoms with Crippen LogP contribution in [0.5, 0.6) is 0 Å². The van der Waals surface area contributed by atoms with E-state index in [9.17, 15) is 18.0 Å². The summed E-state index contributed by atoms with van der Waals surface area (Å²) < 4.78 is 39.5. The van der Waals surface area contributed by atoms with Crippen molar-refractivity contribution in [2.45, 2.75) is 39.2 Å². The van der Waals surface area contributed by atoms with E-state index in [2.05, 4.69) is 30.7 Å². The van der Waals surface area contributed by atoms with Crippen LogP contribution in [0.4, 0.5) is 30.6 Å². The van der Waals surface area contributed by atoms with Crippen molar-refractivity contribution in [2.24, 2.45) is 0 Å². The number of aryl methyl sites for hydroxylation is 1. The van der Waals surface area contributed by atoms with Crippen molar-refractivity contribution in [1.82, 2.24) is 24.7 Å². The number of likely N-dealkylation sites (N-methyl/N-ethyl adjacent to an activating group) is 1. The molecule has 1 aliphatic rings. The van der Waals surface area contributed by atoms with Gasteiger partial charge in [-0.1, -0.05) is 6.07 Å². The van der Waals surface area contributed by atoms with Crippen LogP contribution in [0.15, 0.2) is 30.7 Å². The third-order valence-corrected chi connectivity index (χ3v) is 5.21. The van der Waals surface area contributed by atoms with E-state index in [1.165, 1.54) is 12.3 Å². The fraction of sp³-hybridized carbons (Fsp3) is 0.350. The Morgan fingerprint density at radius 1 is 1.19 bits per heavy atom. The fourth-order valence-corrected chi connectivity index (χ4v) is 3.26. The molecule has 0 spiro atoms. The highest BCUT2D eigenvalue weighted by Gasteiger charge is 2.32. The maximum absolute atomic E-state index is 12.6.